The summed E-state index contributed by atoms with van der Waals surface area (Å²) in [5.41, 5.74) is 2.96. The van der Waals surface area contributed by atoms with E-state index in [1.807, 2.05) is 50.4 Å². The van der Waals surface area contributed by atoms with Crippen LogP contribution in [0.1, 0.15) is 21.5 Å². The van der Waals surface area contributed by atoms with Crippen molar-refractivity contribution in [3.8, 4) is 0 Å². The zero-order valence-electron chi connectivity index (χ0n) is 11.8. The molecule has 2 aromatic carbocycles. The van der Waals surface area contributed by atoms with Gasteiger partial charge in [0.2, 0.25) is 0 Å². The van der Waals surface area contributed by atoms with Gasteiger partial charge in [0.25, 0.3) is 5.91 Å². The predicted molar refractivity (Wildman–Crippen MR) is 85.5 cm³/mol. The molecule has 0 aliphatic carbocycles. The van der Waals surface area contributed by atoms with Crippen LogP contribution in [0.15, 0.2) is 53.4 Å². The van der Waals surface area contributed by atoms with E-state index in [4.69, 9.17) is 0 Å². The molecule has 0 bridgehead atoms. The van der Waals surface area contributed by atoms with Crippen molar-refractivity contribution in [1.82, 2.24) is 4.90 Å². The molecule has 0 fully saturated rings. The van der Waals surface area contributed by atoms with Gasteiger partial charge >= 0.3 is 0 Å². The van der Waals surface area contributed by atoms with Gasteiger partial charge in [-0.15, -0.1) is 12.6 Å². The Hall–Kier alpha value is -1.74. The van der Waals surface area contributed by atoms with E-state index in [1.54, 1.807) is 4.90 Å². The monoisotopic (exact) mass is 285 g/mol. The average Bonchev–Trinajstić information content (AvgIpc) is 2.47. The molecule has 1 amide bonds. The van der Waals surface area contributed by atoms with Crippen molar-refractivity contribution in [2.24, 2.45) is 0 Å². The van der Waals surface area contributed by atoms with E-state index in [-0.39, 0.29) is 5.91 Å². The molecular formula is C17H19NOS. The fourth-order valence-corrected chi connectivity index (χ4v) is 2.29. The van der Waals surface area contributed by atoms with Crippen LogP contribution in [0, 0.1) is 6.92 Å². The van der Waals surface area contributed by atoms with Crippen LogP contribution in [-0.4, -0.2) is 24.4 Å². The van der Waals surface area contributed by atoms with Gasteiger partial charge < -0.3 is 4.90 Å². The quantitative estimate of drug-likeness (QED) is 0.851. The molecule has 0 atom stereocenters. The molecule has 0 unspecified atom stereocenters. The number of thiol groups is 1. The second-order valence-corrected chi connectivity index (χ2v) is 5.48. The summed E-state index contributed by atoms with van der Waals surface area (Å²) in [6.45, 7) is 2.66. The number of benzene rings is 2. The van der Waals surface area contributed by atoms with Gasteiger partial charge in [-0.3, -0.25) is 4.79 Å². The minimum atomic E-state index is 0.0503. The largest absolute Gasteiger partial charge is 0.341 e. The Labute approximate surface area is 125 Å². The van der Waals surface area contributed by atoms with Gasteiger partial charge in [-0.05, 0) is 36.6 Å². The van der Waals surface area contributed by atoms with Crippen LogP contribution in [0.3, 0.4) is 0 Å². The number of amides is 1. The van der Waals surface area contributed by atoms with Crippen molar-refractivity contribution in [3.63, 3.8) is 0 Å². The minimum absolute atomic E-state index is 0.0503. The fourth-order valence-electron chi connectivity index (χ4n) is 2.09. The van der Waals surface area contributed by atoms with Crippen molar-refractivity contribution in [2.75, 3.05) is 13.6 Å². The molecule has 2 rings (SSSR count). The number of hydrogen-bond acceptors (Lipinski definition) is 2. The summed E-state index contributed by atoms with van der Waals surface area (Å²) in [7, 11) is 1.84. The number of rotatable bonds is 4. The van der Waals surface area contributed by atoms with E-state index in [2.05, 4.69) is 24.8 Å². The van der Waals surface area contributed by atoms with Crippen molar-refractivity contribution in [2.45, 2.75) is 18.2 Å². The molecule has 0 saturated heterocycles. The topological polar surface area (TPSA) is 20.3 Å². The Morgan fingerprint density at radius 3 is 2.55 bits per heavy atom. The molecule has 0 heterocycles. The fraction of sp³-hybridized carbons (Fsp3) is 0.235. The van der Waals surface area contributed by atoms with Crippen LogP contribution in [0.2, 0.25) is 0 Å². The highest BCUT2D eigenvalue weighted by Crippen LogP contribution is 2.16. The first-order valence-corrected chi connectivity index (χ1v) is 7.11. The Morgan fingerprint density at radius 1 is 1.15 bits per heavy atom. The molecular weight excluding hydrogens is 266 g/mol. The lowest BCUT2D eigenvalue weighted by Gasteiger charge is -2.18. The molecule has 0 aliphatic heterocycles. The van der Waals surface area contributed by atoms with E-state index >= 15 is 0 Å². The third-order valence-electron chi connectivity index (χ3n) is 3.38. The van der Waals surface area contributed by atoms with Gasteiger partial charge in [-0.2, -0.15) is 0 Å². The Balaban J connectivity index is 2.03. The number of nitrogens with zero attached hydrogens (tertiary/aromatic N) is 1. The Morgan fingerprint density at radius 2 is 1.85 bits per heavy atom. The molecule has 0 saturated carbocycles. The van der Waals surface area contributed by atoms with Gasteiger partial charge in [0.05, 0.1) is 0 Å². The number of carbonyl (C=O) groups excluding carboxylic acids is 1. The van der Waals surface area contributed by atoms with Gasteiger partial charge in [0, 0.05) is 24.1 Å². The zero-order chi connectivity index (χ0) is 14.5. The summed E-state index contributed by atoms with van der Waals surface area (Å²) < 4.78 is 0. The summed E-state index contributed by atoms with van der Waals surface area (Å²) in [6, 6.07) is 15.9. The van der Waals surface area contributed by atoms with Crippen molar-refractivity contribution in [1.29, 1.82) is 0 Å². The lowest BCUT2D eigenvalue weighted by molar-refractivity contribution is 0.0795. The van der Waals surface area contributed by atoms with Gasteiger partial charge in [0.15, 0.2) is 0 Å². The third kappa shape index (κ3) is 3.64. The van der Waals surface area contributed by atoms with Gasteiger partial charge in [0.1, 0.15) is 0 Å². The van der Waals surface area contributed by atoms with E-state index in [9.17, 15) is 4.79 Å². The lowest BCUT2D eigenvalue weighted by atomic mass is 10.1. The van der Waals surface area contributed by atoms with Crippen LogP contribution in [0.4, 0.5) is 0 Å². The summed E-state index contributed by atoms with van der Waals surface area (Å²) in [5, 5.41) is 0. The number of carbonyl (C=O) groups is 1. The van der Waals surface area contributed by atoms with E-state index < -0.39 is 0 Å². The molecule has 0 N–H and O–H groups in total. The highest BCUT2D eigenvalue weighted by molar-refractivity contribution is 7.80. The van der Waals surface area contributed by atoms with Gasteiger partial charge in [-0.1, -0.05) is 36.4 Å². The van der Waals surface area contributed by atoms with Crippen molar-refractivity contribution < 1.29 is 4.79 Å². The highest BCUT2D eigenvalue weighted by Gasteiger charge is 2.14. The molecule has 2 aromatic rings. The van der Waals surface area contributed by atoms with Crippen LogP contribution in [0.25, 0.3) is 0 Å². The van der Waals surface area contributed by atoms with Gasteiger partial charge in [-0.25, -0.2) is 0 Å². The smallest absolute Gasteiger partial charge is 0.253 e. The first kappa shape index (κ1) is 14.7. The maximum atomic E-state index is 12.4. The first-order valence-electron chi connectivity index (χ1n) is 6.67. The first-order chi connectivity index (χ1) is 9.58. The van der Waals surface area contributed by atoms with Crippen molar-refractivity contribution >= 4 is 18.5 Å². The minimum Gasteiger partial charge on any atom is -0.341 e. The SMILES string of the molecule is Cc1ccc(S)cc1C(=O)N(C)CCc1ccccc1. The molecule has 0 spiro atoms. The molecule has 0 aromatic heterocycles. The number of aryl methyl sites for hydroxylation is 1. The summed E-state index contributed by atoms with van der Waals surface area (Å²) in [5.74, 6) is 0.0503. The van der Waals surface area contributed by atoms with Crippen molar-refractivity contribution in [3.05, 3.63) is 65.2 Å². The maximum Gasteiger partial charge on any atom is 0.253 e. The summed E-state index contributed by atoms with van der Waals surface area (Å²) >= 11 is 4.30. The zero-order valence-corrected chi connectivity index (χ0v) is 12.7. The van der Waals surface area contributed by atoms with Crippen LogP contribution in [-0.2, 0) is 6.42 Å². The second-order valence-electron chi connectivity index (χ2n) is 4.96. The molecule has 0 aliphatic rings. The standard InChI is InChI=1S/C17H19NOS/c1-13-8-9-15(20)12-16(13)17(19)18(2)11-10-14-6-4-3-5-7-14/h3-9,12,20H,10-11H2,1-2H3. The molecule has 0 radical (unpaired) electrons. The van der Waals surface area contributed by atoms with Crippen LogP contribution >= 0.6 is 12.6 Å². The lowest BCUT2D eigenvalue weighted by Crippen LogP contribution is -2.29. The van der Waals surface area contributed by atoms with E-state index in [0.29, 0.717) is 6.54 Å². The summed E-state index contributed by atoms with van der Waals surface area (Å²) in [4.78, 5) is 15.0. The van der Waals surface area contributed by atoms with Crippen LogP contribution < -0.4 is 0 Å². The Kier molecular flexibility index (Phi) is 4.85. The second kappa shape index (κ2) is 6.62. The molecule has 2 nitrogen and oxygen atoms in total. The van der Waals surface area contributed by atoms with E-state index in [1.165, 1.54) is 5.56 Å². The third-order valence-corrected chi connectivity index (χ3v) is 3.66. The highest BCUT2D eigenvalue weighted by atomic mass is 32.1. The average molecular weight is 285 g/mol. The number of likely N-dealkylation sites (N-methyl/N-ethyl adjacent to an activating group) is 1. The predicted octanol–water partition coefficient (Wildman–Crippen LogP) is 3.60. The molecule has 20 heavy (non-hydrogen) atoms. The van der Waals surface area contributed by atoms with E-state index in [0.717, 1.165) is 22.4 Å². The maximum absolute atomic E-state index is 12.4. The van der Waals surface area contributed by atoms with Crippen LogP contribution in [0.5, 0.6) is 0 Å². The summed E-state index contributed by atoms with van der Waals surface area (Å²) in [6.07, 6.45) is 0.864. The molecule has 3 heteroatoms. The molecule has 104 valence electrons. The normalized spacial score (nSPS) is 10.3. The Bertz CT molecular complexity index is 595. The number of hydrogen-bond donors (Lipinski definition) is 1.